The van der Waals surface area contributed by atoms with Crippen LogP contribution < -0.4 is 4.72 Å². The summed E-state index contributed by atoms with van der Waals surface area (Å²) in [6, 6.07) is 2.59. The molecule has 4 nitrogen and oxygen atoms in total. The second-order valence-corrected chi connectivity index (χ2v) is 9.30. The molecule has 0 unspecified atom stereocenters. The smallest absolute Gasteiger partial charge is 0.250 e. The van der Waals surface area contributed by atoms with Crippen LogP contribution in [-0.4, -0.2) is 26.2 Å². The lowest BCUT2D eigenvalue weighted by Gasteiger charge is -2.27. The summed E-state index contributed by atoms with van der Waals surface area (Å²) in [4.78, 5) is 0. The molecule has 0 aliphatic carbocycles. The Hall–Kier alpha value is -0.140. The number of aliphatic hydroxyl groups excluding tert-OH is 1. The quantitative estimate of drug-likeness (QED) is 0.714. The van der Waals surface area contributed by atoms with Crippen molar-refractivity contribution in [2.75, 3.05) is 6.61 Å². The molecule has 0 aromatic carbocycles. The molecule has 1 rings (SSSR count). The fourth-order valence-corrected chi connectivity index (χ4v) is 5.24. The summed E-state index contributed by atoms with van der Waals surface area (Å²) in [6.07, 6.45) is 2.73. The minimum absolute atomic E-state index is 0.130. The van der Waals surface area contributed by atoms with Gasteiger partial charge in [-0.2, -0.15) is 0 Å². The first-order valence-electron chi connectivity index (χ1n) is 7.18. The summed E-state index contributed by atoms with van der Waals surface area (Å²) >= 11 is 6.81. The molecule has 0 spiro atoms. The minimum Gasteiger partial charge on any atom is -0.395 e. The lowest BCUT2D eigenvalue weighted by molar-refractivity contribution is 0.193. The van der Waals surface area contributed by atoms with Crippen LogP contribution in [0.3, 0.4) is 0 Å². The predicted octanol–water partition coefficient (Wildman–Crippen LogP) is 3.50. The maximum absolute atomic E-state index is 12.3. The van der Waals surface area contributed by atoms with Crippen molar-refractivity contribution in [3.05, 3.63) is 16.5 Å². The number of hydrogen-bond donors (Lipinski definition) is 2. The van der Waals surface area contributed by atoms with Crippen molar-refractivity contribution in [2.24, 2.45) is 11.8 Å². The van der Waals surface area contributed by atoms with Crippen LogP contribution in [0.5, 0.6) is 0 Å². The largest absolute Gasteiger partial charge is 0.395 e. The second kappa shape index (κ2) is 8.48. The predicted molar refractivity (Wildman–Crippen MR) is 88.4 cm³/mol. The van der Waals surface area contributed by atoms with Crippen LogP contribution in [0, 0.1) is 11.8 Å². The van der Waals surface area contributed by atoms with Crippen LogP contribution in [0.1, 0.15) is 40.0 Å². The van der Waals surface area contributed by atoms with E-state index < -0.39 is 16.1 Å². The first kappa shape index (κ1) is 18.9. The average molecular weight is 354 g/mol. The third-order valence-corrected chi connectivity index (χ3v) is 6.53. The van der Waals surface area contributed by atoms with Gasteiger partial charge in [0.2, 0.25) is 10.0 Å². The molecule has 122 valence electrons. The molecule has 0 radical (unpaired) electrons. The fourth-order valence-electron chi connectivity index (χ4n) is 2.44. The van der Waals surface area contributed by atoms with Gasteiger partial charge >= 0.3 is 0 Å². The van der Waals surface area contributed by atoms with Crippen LogP contribution >= 0.6 is 22.9 Å². The van der Waals surface area contributed by atoms with Crippen molar-refractivity contribution in [1.82, 2.24) is 4.72 Å². The normalized spacial score (nSPS) is 15.3. The van der Waals surface area contributed by atoms with Crippen LogP contribution in [0.2, 0.25) is 4.34 Å². The number of aliphatic hydroxyl groups is 1. The van der Waals surface area contributed by atoms with Gasteiger partial charge < -0.3 is 5.11 Å². The number of halogens is 1. The van der Waals surface area contributed by atoms with Gasteiger partial charge in [0.1, 0.15) is 4.21 Å². The van der Waals surface area contributed by atoms with Gasteiger partial charge in [0, 0.05) is 6.04 Å². The van der Waals surface area contributed by atoms with Gasteiger partial charge in [0.25, 0.3) is 0 Å². The summed E-state index contributed by atoms with van der Waals surface area (Å²) in [5, 5.41) is 9.60. The lowest BCUT2D eigenvalue weighted by Crippen LogP contribution is -2.43. The SMILES string of the molecule is CCC[C@H](CC(C)C)[C@H](CO)NS(=O)(=O)c1ccc(Cl)s1. The summed E-state index contributed by atoms with van der Waals surface area (Å²) < 4.78 is 27.9. The zero-order chi connectivity index (χ0) is 16.0. The second-order valence-electron chi connectivity index (χ2n) is 5.65. The van der Waals surface area contributed by atoms with E-state index in [-0.39, 0.29) is 16.7 Å². The zero-order valence-corrected chi connectivity index (χ0v) is 15.1. The number of hydrogen-bond acceptors (Lipinski definition) is 4. The molecule has 0 amide bonds. The van der Waals surface area contributed by atoms with Crippen molar-refractivity contribution in [2.45, 2.75) is 50.3 Å². The van der Waals surface area contributed by atoms with E-state index in [0.29, 0.717) is 10.3 Å². The molecule has 1 heterocycles. The van der Waals surface area contributed by atoms with E-state index in [1.807, 2.05) is 0 Å². The van der Waals surface area contributed by atoms with E-state index in [1.165, 1.54) is 6.07 Å². The Morgan fingerprint density at radius 2 is 2.05 bits per heavy atom. The Bertz CT molecular complexity index is 528. The number of sulfonamides is 1. The van der Waals surface area contributed by atoms with Gasteiger partial charge in [-0.1, -0.05) is 38.8 Å². The highest BCUT2D eigenvalue weighted by Gasteiger charge is 2.27. The van der Waals surface area contributed by atoms with Crippen LogP contribution in [0.25, 0.3) is 0 Å². The first-order valence-corrected chi connectivity index (χ1v) is 9.86. The van der Waals surface area contributed by atoms with E-state index in [2.05, 4.69) is 25.5 Å². The number of thiophene rings is 1. The van der Waals surface area contributed by atoms with Gasteiger partial charge in [0.15, 0.2) is 0 Å². The van der Waals surface area contributed by atoms with E-state index in [4.69, 9.17) is 11.6 Å². The highest BCUT2D eigenvalue weighted by molar-refractivity contribution is 7.91. The Labute approximate surface area is 136 Å². The molecule has 1 aromatic heterocycles. The van der Waals surface area contributed by atoms with Gasteiger partial charge in [-0.15, -0.1) is 11.3 Å². The molecule has 0 aliphatic heterocycles. The Morgan fingerprint density at radius 1 is 1.38 bits per heavy atom. The van der Waals surface area contributed by atoms with Crippen molar-refractivity contribution in [3.63, 3.8) is 0 Å². The van der Waals surface area contributed by atoms with Crippen molar-refractivity contribution in [3.8, 4) is 0 Å². The topological polar surface area (TPSA) is 66.4 Å². The first-order chi connectivity index (χ1) is 9.80. The molecule has 2 atom stereocenters. The van der Waals surface area contributed by atoms with E-state index in [1.54, 1.807) is 6.07 Å². The zero-order valence-electron chi connectivity index (χ0n) is 12.7. The van der Waals surface area contributed by atoms with E-state index >= 15 is 0 Å². The summed E-state index contributed by atoms with van der Waals surface area (Å²) in [6.45, 7) is 6.07. The monoisotopic (exact) mass is 353 g/mol. The molecular formula is C14H24ClNO3S2. The lowest BCUT2D eigenvalue weighted by atomic mass is 9.87. The highest BCUT2D eigenvalue weighted by atomic mass is 35.5. The van der Waals surface area contributed by atoms with Crippen LogP contribution in [0.15, 0.2) is 16.3 Å². The van der Waals surface area contributed by atoms with Gasteiger partial charge in [-0.05, 0) is 36.8 Å². The van der Waals surface area contributed by atoms with Gasteiger partial charge in [-0.3, -0.25) is 0 Å². The highest BCUT2D eigenvalue weighted by Crippen LogP contribution is 2.27. The van der Waals surface area contributed by atoms with E-state index in [0.717, 1.165) is 30.6 Å². The van der Waals surface area contributed by atoms with Crippen LogP contribution in [-0.2, 0) is 10.0 Å². The number of rotatable bonds is 9. The molecule has 0 fully saturated rings. The Balaban J connectivity index is 2.88. The van der Waals surface area contributed by atoms with E-state index in [9.17, 15) is 13.5 Å². The summed E-state index contributed by atoms with van der Waals surface area (Å²) in [7, 11) is -3.63. The molecule has 0 aliphatic rings. The van der Waals surface area contributed by atoms with Gasteiger partial charge in [-0.25, -0.2) is 13.1 Å². The fraction of sp³-hybridized carbons (Fsp3) is 0.714. The molecule has 21 heavy (non-hydrogen) atoms. The summed E-state index contributed by atoms with van der Waals surface area (Å²) in [5.74, 6) is 0.585. The van der Waals surface area contributed by atoms with Crippen molar-refractivity contribution in [1.29, 1.82) is 0 Å². The molecule has 0 bridgehead atoms. The molecule has 0 saturated heterocycles. The number of nitrogens with one attached hydrogen (secondary N) is 1. The van der Waals surface area contributed by atoms with Crippen molar-refractivity contribution < 1.29 is 13.5 Å². The third kappa shape index (κ3) is 5.87. The standard InChI is InChI=1S/C14H24ClNO3S2/c1-4-5-11(8-10(2)3)12(9-17)16-21(18,19)14-7-6-13(15)20-14/h6-7,10-12,16-17H,4-5,8-9H2,1-3H3/t11-,12+/m1/s1. The summed E-state index contributed by atoms with van der Waals surface area (Å²) in [5.41, 5.74) is 0. The molecule has 0 saturated carbocycles. The van der Waals surface area contributed by atoms with Crippen molar-refractivity contribution >= 4 is 33.0 Å². The van der Waals surface area contributed by atoms with Gasteiger partial charge in [0.05, 0.1) is 10.9 Å². The minimum atomic E-state index is -3.63. The molecular weight excluding hydrogens is 330 g/mol. The maximum atomic E-state index is 12.3. The molecule has 7 heteroatoms. The average Bonchev–Trinajstić information content (AvgIpc) is 2.82. The Morgan fingerprint density at radius 3 is 2.48 bits per heavy atom. The molecule has 1 aromatic rings. The molecule has 2 N–H and O–H groups in total. The Kier molecular flexibility index (Phi) is 7.64. The van der Waals surface area contributed by atoms with Crippen LogP contribution in [0.4, 0.5) is 0 Å². The maximum Gasteiger partial charge on any atom is 0.250 e. The third-order valence-electron chi connectivity index (χ3n) is 3.32.